The molecule has 0 fully saturated rings. The molecule has 70 valence electrons. The first kappa shape index (κ1) is 10.2. The van der Waals surface area contributed by atoms with Crippen molar-refractivity contribution in [2.45, 2.75) is 13.3 Å². The predicted molar refractivity (Wildman–Crippen MR) is 54.1 cm³/mol. The van der Waals surface area contributed by atoms with Crippen LogP contribution in [0.3, 0.4) is 0 Å². The molecule has 0 N–H and O–H groups in total. The number of halogens is 2. The Balaban J connectivity index is 3.19. The van der Waals surface area contributed by atoms with Crippen molar-refractivity contribution in [3.8, 4) is 0 Å². The molecule has 1 rings (SSSR count). The monoisotopic (exact) mass is 199 g/mol. The minimum absolute atomic E-state index is 0.216. The van der Waals surface area contributed by atoms with Crippen molar-refractivity contribution in [3.05, 3.63) is 35.1 Å². The third kappa shape index (κ3) is 2.28. The van der Waals surface area contributed by atoms with Crippen LogP contribution in [0.4, 0.5) is 4.39 Å². The van der Waals surface area contributed by atoms with E-state index in [2.05, 4.69) is 4.99 Å². The molecule has 3 heteroatoms. The zero-order valence-corrected chi connectivity index (χ0v) is 8.40. The molecule has 1 aromatic rings. The van der Waals surface area contributed by atoms with E-state index in [1.165, 1.54) is 6.07 Å². The van der Waals surface area contributed by atoms with Gasteiger partial charge in [-0.15, -0.1) is 0 Å². The highest BCUT2D eigenvalue weighted by molar-refractivity contribution is 6.69. The van der Waals surface area contributed by atoms with Crippen LogP contribution in [0.25, 0.3) is 0 Å². The first-order valence-corrected chi connectivity index (χ1v) is 4.48. The quantitative estimate of drug-likeness (QED) is 0.650. The van der Waals surface area contributed by atoms with E-state index in [0.29, 0.717) is 5.56 Å². The summed E-state index contributed by atoms with van der Waals surface area (Å²) < 4.78 is 13.2. The summed E-state index contributed by atoms with van der Waals surface area (Å²) in [6, 6.07) is 4.89. The molecule has 0 saturated carbocycles. The average Bonchev–Trinajstić information content (AvgIpc) is 2.17. The van der Waals surface area contributed by atoms with Crippen molar-refractivity contribution in [3.63, 3.8) is 0 Å². The molecule has 0 amide bonds. The fourth-order valence-corrected chi connectivity index (χ4v) is 1.22. The Morgan fingerprint density at radius 1 is 1.54 bits per heavy atom. The second kappa shape index (κ2) is 4.38. The molecule has 0 radical (unpaired) electrons. The van der Waals surface area contributed by atoms with Gasteiger partial charge in [0.1, 0.15) is 11.0 Å². The molecule has 0 bridgehead atoms. The van der Waals surface area contributed by atoms with Gasteiger partial charge in [0.25, 0.3) is 0 Å². The standard InChI is InChI=1S/C10H11ClFN/c1-3-7-4-5-9(12)8(6-7)10(11)13-2/h4-6H,3H2,1-2H3. The summed E-state index contributed by atoms with van der Waals surface area (Å²) in [5.74, 6) is -0.326. The van der Waals surface area contributed by atoms with E-state index in [1.54, 1.807) is 19.2 Å². The normalized spacial score (nSPS) is 11.8. The molecule has 1 nitrogen and oxygen atoms in total. The van der Waals surface area contributed by atoms with Gasteiger partial charge >= 0.3 is 0 Å². The van der Waals surface area contributed by atoms with Gasteiger partial charge in [0.15, 0.2) is 0 Å². The molecule has 0 heterocycles. The van der Waals surface area contributed by atoms with Crippen LogP contribution in [0, 0.1) is 5.82 Å². The van der Waals surface area contributed by atoms with E-state index in [1.807, 2.05) is 6.92 Å². The highest BCUT2D eigenvalue weighted by atomic mass is 35.5. The highest BCUT2D eigenvalue weighted by Crippen LogP contribution is 2.14. The van der Waals surface area contributed by atoms with Crippen LogP contribution >= 0.6 is 11.6 Å². The number of aryl methyl sites for hydroxylation is 1. The van der Waals surface area contributed by atoms with E-state index in [0.717, 1.165) is 12.0 Å². The van der Waals surface area contributed by atoms with Crippen molar-refractivity contribution < 1.29 is 4.39 Å². The van der Waals surface area contributed by atoms with Crippen molar-refractivity contribution in [2.75, 3.05) is 7.05 Å². The van der Waals surface area contributed by atoms with Crippen LogP contribution in [-0.2, 0) is 6.42 Å². The highest BCUT2D eigenvalue weighted by Gasteiger charge is 2.06. The molecule has 0 spiro atoms. The lowest BCUT2D eigenvalue weighted by Crippen LogP contribution is -1.97. The van der Waals surface area contributed by atoms with Crippen LogP contribution in [0.15, 0.2) is 23.2 Å². The molecule has 13 heavy (non-hydrogen) atoms. The van der Waals surface area contributed by atoms with Gasteiger partial charge in [0.2, 0.25) is 0 Å². The van der Waals surface area contributed by atoms with Crippen LogP contribution in [0.2, 0.25) is 0 Å². The number of aliphatic imine (C=N–C) groups is 1. The zero-order chi connectivity index (χ0) is 9.84. The molecule has 0 unspecified atom stereocenters. The van der Waals surface area contributed by atoms with Crippen molar-refractivity contribution in [1.29, 1.82) is 0 Å². The van der Waals surface area contributed by atoms with Gasteiger partial charge in [-0.1, -0.05) is 24.6 Å². The maximum atomic E-state index is 13.2. The Kier molecular flexibility index (Phi) is 3.43. The molecule has 0 aliphatic rings. The first-order valence-electron chi connectivity index (χ1n) is 4.10. The third-order valence-electron chi connectivity index (χ3n) is 1.86. The van der Waals surface area contributed by atoms with Gasteiger partial charge in [-0.3, -0.25) is 4.99 Å². The molecule has 0 saturated heterocycles. The Morgan fingerprint density at radius 3 is 2.77 bits per heavy atom. The molecule has 1 aromatic carbocycles. The summed E-state index contributed by atoms with van der Waals surface area (Å²) >= 11 is 5.73. The van der Waals surface area contributed by atoms with E-state index in [4.69, 9.17) is 11.6 Å². The Bertz CT molecular complexity index is 334. The van der Waals surface area contributed by atoms with Crippen LogP contribution in [0.5, 0.6) is 0 Å². The first-order chi connectivity index (χ1) is 6.19. The van der Waals surface area contributed by atoms with Gasteiger partial charge in [-0.25, -0.2) is 4.39 Å². The van der Waals surface area contributed by atoms with Crippen LogP contribution in [0.1, 0.15) is 18.1 Å². The summed E-state index contributed by atoms with van der Waals surface area (Å²) in [5.41, 5.74) is 1.43. The van der Waals surface area contributed by atoms with Crippen LogP contribution in [-0.4, -0.2) is 12.2 Å². The number of hydrogen-bond acceptors (Lipinski definition) is 1. The van der Waals surface area contributed by atoms with Gasteiger partial charge in [-0.2, -0.15) is 0 Å². The van der Waals surface area contributed by atoms with Gasteiger partial charge in [0.05, 0.1) is 0 Å². The maximum Gasteiger partial charge on any atom is 0.133 e. The average molecular weight is 200 g/mol. The topological polar surface area (TPSA) is 12.4 Å². The molecular formula is C10H11ClFN. The summed E-state index contributed by atoms with van der Waals surface area (Å²) in [5, 5.41) is 0.216. The fourth-order valence-electron chi connectivity index (χ4n) is 1.07. The van der Waals surface area contributed by atoms with Gasteiger partial charge in [-0.05, 0) is 24.1 Å². The molecule has 0 atom stereocenters. The molecule has 0 aliphatic heterocycles. The molecule has 0 aromatic heterocycles. The van der Waals surface area contributed by atoms with Crippen molar-refractivity contribution >= 4 is 16.8 Å². The van der Waals surface area contributed by atoms with Gasteiger partial charge in [0, 0.05) is 12.6 Å². The Labute approximate surface area is 82.3 Å². The SMILES string of the molecule is CCc1ccc(F)c(C(Cl)=NC)c1. The number of rotatable bonds is 2. The summed E-state index contributed by atoms with van der Waals surface area (Å²) in [7, 11) is 1.54. The number of hydrogen-bond donors (Lipinski definition) is 0. The molecule has 0 aliphatic carbocycles. The predicted octanol–water partition coefficient (Wildman–Crippen LogP) is 3.00. The largest absolute Gasteiger partial charge is 0.276 e. The minimum atomic E-state index is -0.326. The van der Waals surface area contributed by atoms with E-state index >= 15 is 0 Å². The van der Waals surface area contributed by atoms with E-state index < -0.39 is 0 Å². The Hall–Kier alpha value is -0.890. The fraction of sp³-hybridized carbons (Fsp3) is 0.300. The summed E-state index contributed by atoms with van der Waals surface area (Å²) in [6.45, 7) is 2.01. The smallest absolute Gasteiger partial charge is 0.133 e. The lowest BCUT2D eigenvalue weighted by Gasteiger charge is -2.02. The second-order valence-electron chi connectivity index (χ2n) is 2.68. The van der Waals surface area contributed by atoms with E-state index in [9.17, 15) is 4.39 Å². The number of nitrogens with zero attached hydrogens (tertiary/aromatic N) is 1. The van der Waals surface area contributed by atoms with Crippen LogP contribution < -0.4 is 0 Å². The van der Waals surface area contributed by atoms with E-state index in [-0.39, 0.29) is 11.0 Å². The Morgan fingerprint density at radius 2 is 2.23 bits per heavy atom. The lowest BCUT2D eigenvalue weighted by atomic mass is 10.1. The van der Waals surface area contributed by atoms with Crippen molar-refractivity contribution in [1.82, 2.24) is 0 Å². The van der Waals surface area contributed by atoms with Gasteiger partial charge < -0.3 is 0 Å². The summed E-state index contributed by atoms with van der Waals surface area (Å²) in [4.78, 5) is 3.74. The summed E-state index contributed by atoms with van der Waals surface area (Å²) in [6.07, 6.45) is 0.862. The lowest BCUT2D eigenvalue weighted by molar-refractivity contribution is 0.625. The second-order valence-corrected chi connectivity index (χ2v) is 3.04. The third-order valence-corrected chi connectivity index (χ3v) is 2.23. The minimum Gasteiger partial charge on any atom is -0.276 e. The maximum absolute atomic E-state index is 13.2. The molecular weight excluding hydrogens is 189 g/mol. The number of benzene rings is 1. The van der Waals surface area contributed by atoms with Crippen molar-refractivity contribution in [2.24, 2.45) is 4.99 Å². The zero-order valence-electron chi connectivity index (χ0n) is 7.64.